The predicted octanol–water partition coefficient (Wildman–Crippen LogP) is 0.993. The van der Waals surface area contributed by atoms with Crippen LogP contribution in [-0.2, 0) is 19.0 Å². The van der Waals surface area contributed by atoms with Crippen LogP contribution in [0.15, 0.2) is 0 Å². The Morgan fingerprint density at radius 2 is 1.92 bits per heavy atom. The summed E-state index contributed by atoms with van der Waals surface area (Å²) in [6, 6.07) is 0. The van der Waals surface area contributed by atoms with E-state index < -0.39 is 0 Å². The van der Waals surface area contributed by atoms with Gasteiger partial charge in [0.1, 0.15) is 6.61 Å². The van der Waals surface area contributed by atoms with E-state index in [0.29, 0.717) is 13.2 Å². The van der Waals surface area contributed by atoms with E-state index in [1.54, 1.807) is 14.0 Å². The monoisotopic (exact) mass is 190 g/mol. The molecule has 78 valence electrons. The van der Waals surface area contributed by atoms with Crippen molar-refractivity contribution in [2.45, 2.75) is 19.8 Å². The van der Waals surface area contributed by atoms with Gasteiger partial charge in [0, 0.05) is 20.3 Å². The lowest BCUT2D eigenvalue weighted by molar-refractivity contribution is -0.148. The van der Waals surface area contributed by atoms with Crippen LogP contribution in [0.4, 0.5) is 0 Å². The lowest BCUT2D eigenvalue weighted by atomic mass is 10.3. The van der Waals surface area contributed by atoms with Crippen molar-refractivity contribution in [2.24, 2.45) is 0 Å². The smallest absolute Gasteiger partial charge is 0.332 e. The second-order valence-corrected chi connectivity index (χ2v) is 2.56. The highest BCUT2D eigenvalue weighted by Crippen LogP contribution is 1.90. The van der Waals surface area contributed by atoms with Gasteiger partial charge in [0.2, 0.25) is 0 Å². The molecule has 0 N–H and O–H groups in total. The van der Waals surface area contributed by atoms with Gasteiger partial charge in [-0.3, -0.25) is 0 Å². The number of esters is 1. The maximum Gasteiger partial charge on any atom is 0.332 e. The summed E-state index contributed by atoms with van der Waals surface area (Å²) in [5.74, 6) is -0.297. The summed E-state index contributed by atoms with van der Waals surface area (Å²) in [6.45, 7) is 3.56. The molecule has 0 saturated carbocycles. The first-order chi connectivity index (χ1) is 6.31. The van der Waals surface area contributed by atoms with Crippen molar-refractivity contribution in [3.05, 3.63) is 0 Å². The molecule has 13 heavy (non-hydrogen) atoms. The van der Waals surface area contributed by atoms with Crippen LogP contribution in [-0.4, -0.2) is 39.5 Å². The standard InChI is InChI=1S/C9H18O4/c1-3-13-9(10)8-12-7-5-4-6-11-2/h3-8H2,1-2H3. The maximum absolute atomic E-state index is 10.8. The van der Waals surface area contributed by atoms with Gasteiger partial charge in [-0.25, -0.2) is 4.79 Å². The molecular formula is C9H18O4. The van der Waals surface area contributed by atoms with E-state index in [-0.39, 0.29) is 12.6 Å². The zero-order valence-electron chi connectivity index (χ0n) is 8.38. The number of rotatable bonds is 8. The van der Waals surface area contributed by atoms with Crippen LogP contribution in [0.3, 0.4) is 0 Å². The zero-order chi connectivity index (χ0) is 9.94. The lowest BCUT2D eigenvalue weighted by Crippen LogP contribution is -2.13. The van der Waals surface area contributed by atoms with Crippen LogP contribution < -0.4 is 0 Å². The minimum absolute atomic E-state index is 0.0564. The molecule has 0 aliphatic heterocycles. The molecule has 0 aliphatic rings. The normalized spacial score (nSPS) is 10.0. The fourth-order valence-electron chi connectivity index (χ4n) is 0.809. The topological polar surface area (TPSA) is 44.8 Å². The van der Waals surface area contributed by atoms with Gasteiger partial charge in [-0.15, -0.1) is 0 Å². The largest absolute Gasteiger partial charge is 0.464 e. The summed E-state index contributed by atoms with van der Waals surface area (Å²) < 4.78 is 14.6. The van der Waals surface area contributed by atoms with Crippen molar-refractivity contribution in [1.29, 1.82) is 0 Å². The third kappa shape index (κ3) is 9.30. The summed E-state index contributed by atoms with van der Waals surface area (Å²) in [5.41, 5.74) is 0. The molecule has 4 nitrogen and oxygen atoms in total. The van der Waals surface area contributed by atoms with Gasteiger partial charge in [-0.05, 0) is 19.8 Å². The Balaban J connectivity index is 3.02. The molecule has 0 atom stereocenters. The first-order valence-electron chi connectivity index (χ1n) is 4.53. The third-order valence-corrected chi connectivity index (χ3v) is 1.41. The average Bonchev–Trinajstić information content (AvgIpc) is 2.11. The van der Waals surface area contributed by atoms with Crippen molar-refractivity contribution < 1.29 is 19.0 Å². The quantitative estimate of drug-likeness (QED) is 0.423. The Kier molecular flexibility index (Phi) is 9.03. The Bertz CT molecular complexity index is 125. The lowest BCUT2D eigenvalue weighted by Gasteiger charge is -2.03. The first kappa shape index (κ1) is 12.4. The van der Waals surface area contributed by atoms with Gasteiger partial charge >= 0.3 is 5.97 Å². The van der Waals surface area contributed by atoms with Crippen LogP contribution in [0.25, 0.3) is 0 Å². The summed E-state index contributed by atoms with van der Waals surface area (Å²) in [5, 5.41) is 0. The molecule has 0 aromatic rings. The Morgan fingerprint density at radius 1 is 1.23 bits per heavy atom. The number of ether oxygens (including phenoxy) is 3. The number of carbonyl (C=O) groups excluding carboxylic acids is 1. The molecule has 0 heterocycles. The molecule has 0 aromatic carbocycles. The van der Waals surface area contributed by atoms with Crippen LogP contribution in [0, 0.1) is 0 Å². The van der Waals surface area contributed by atoms with E-state index in [0.717, 1.165) is 19.4 Å². The Labute approximate surface area is 79.2 Å². The third-order valence-electron chi connectivity index (χ3n) is 1.41. The average molecular weight is 190 g/mol. The molecule has 0 amide bonds. The van der Waals surface area contributed by atoms with Crippen LogP contribution in [0.1, 0.15) is 19.8 Å². The Hall–Kier alpha value is -0.610. The number of hydrogen-bond acceptors (Lipinski definition) is 4. The van der Waals surface area contributed by atoms with Crippen LogP contribution in [0.2, 0.25) is 0 Å². The molecule has 0 radical (unpaired) electrons. The van der Waals surface area contributed by atoms with Gasteiger partial charge in [-0.1, -0.05) is 0 Å². The molecule has 0 unspecified atom stereocenters. The van der Waals surface area contributed by atoms with E-state index in [4.69, 9.17) is 9.47 Å². The molecule has 4 heteroatoms. The van der Waals surface area contributed by atoms with Gasteiger partial charge < -0.3 is 14.2 Å². The summed E-state index contributed by atoms with van der Waals surface area (Å²) in [6.07, 6.45) is 1.87. The molecule has 0 rings (SSSR count). The van der Waals surface area contributed by atoms with E-state index >= 15 is 0 Å². The second-order valence-electron chi connectivity index (χ2n) is 2.56. The molecule has 0 aromatic heterocycles. The van der Waals surface area contributed by atoms with E-state index in [9.17, 15) is 4.79 Å². The van der Waals surface area contributed by atoms with Crippen molar-refractivity contribution in [3.63, 3.8) is 0 Å². The second kappa shape index (κ2) is 9.48. The minimum Gasteiger partial charge on any atom is -0.464 e. The van der Waals surface area contributed by atoms with Crippen LogP contribution >= 0.6 is 0 Å². The molecular weight excluding hydrogens is 172 g/mol. The number of methoxy groups -OCH3 is 1. The highest BCUT2D eigenvalue weighted by atomic mass is 16.6. The van der Waals surface area contributed by atoms with Crippen molar-refractivity contribution in [3.8, 4) is 0 Å². The van der Waals surface area contributed by atoms with Gasteiger partial charge in [0.05, 0.1) is 6.61 Å². The molecule has 0 bridgehead atoms. The molecule has 0 aliphatic carbocycles. The zero-order valence-corrected chi connectivity index (χ0v) is 8.38. The highest BCUT2D eigenvalue weighted by Gasteiger charge is 1.99. The van der Waals surface area contributed by atoms with Crippen LogP contribution in [0.5, 0.6) is 0 Å². The van der Waals surface area contributed by atoms with E-state index in [1.165, 1.54) is 0 Å². The number of hydrogen-bond donors (Lipinski definition) is 0. The maximum atomic E-state index is 10.8. The van der Waals surface area contributed by atoms with Gasteiger partial charge in [0.15, 0.2) is 0 Å². The van der Waals surface area contributed by atoms with Gasteiger partial charge in [-0.2, -0.15) is 0 Å². The SMILES string of the molecule is CCOC(=O)COCCCCOC. The van der Waals surface area contributed by atoms with E-state index in [1.807, 2.05) is 0 Å². The molecule has 0 spiro atoms. The van der Waals surface area contributed by atoms with Crippen molar-refractivity contribution in [1.82, 2.24) is 0 Å². The summed E-state index contributed by atoms with van der Waals surface area (Å²) >= 11 is 0. The summed E-state index contributed by atoms with van der Waals surface area (Å²) in [4.78, 5) is 10.8. The fourth-order valence-corrected chi connectivity index (χ4v) is 0.809. The highest BCUT2D eigenvalue weighted by molar-refractivity contribution is 5.70. The first-order valence-corrected chi connectivity index (χ1v) is 4.53. The molecule has 0 saturated heterocycles. The van der Waals surface area contributed by atoms with Gasteiger partial charge in [0.25, 0.3) is 0 Å². The van der Waals surface area contributed by atoms with Crippen molar-refractivity contribution >= 4 is 5.97 Å². The van der Waals surface area contributed by atoms with Crippen molar-refractivity contribution in [2.75, 3.05) is 33.5 Å². The fraction of sp³-hybridized carbons (Fsp3) is 0.889. The number of carbonyl (C=O) groups is 1. The van der Waals surface area contributed by atoms with E-state index in [2.05, 4.69) is 4.74 Å². The molecule has 0 fully saturated rings. The minimum atomic E-state index is -0.297. The summed E-state index contributed by atoms with van der Waals surface area (Å²) in [7, 11) is 1.67. The predicted molar refractivity (Wildman–Crippen MR) is 48.6 cm³/mol. The number of unbranched alkanes of at least 4 members (excludes halogenated alkanes) is 1. The Morgan fingerprint density at radius 3 is 2.54 bits per heavy atom.